The molecule has 140 valence electrons. The quantitative estimate of drug-likeness (QED) is 0.632. The Morgan fingerprint density at radius 2 is 1.81 bits per heavy atom. The van der Waals surface area contributed by atoms with Crippen LogP contribution in [-0.4, -0.2) is 30.8 Å². The summed E-state index contributed by atoms with van der Waals surface area (Å²) in [5, 5.41) is 4.18. The van der Waals surface area contributed by atoms with Crippen molar-refractivity contribution in [1.82, 2.24) is 9.78 Å². The summed E-state index contributed by atoms with van der Waals surface area (Å²) in [5.41, 5.74) is 1.72. The molecule has 0 spiro atoms. The SMILES string of the molecule is CCOC(=O)c1ccc(S(=O)(=O)Nc2cnn(Cc3ccccc3)c2)cc1. The highest BCUT2D eigenvalue weighted by molar-refractivity contribution is 7.92. The van der Waals surface area contributed by atoms with Crippen LogP contribution in [0.1, 0.15) is 22.8 Å². The Kier molecular flexibility index (Phi) is 5.56. The van der Waals surface area contributed by atoms with Crippen LogP contribution in [0, 0.1) is 0 Å². The highest BCUT2D eigenvalue weighted by Crippen LogP contribution is 2.17. The predicted molar refractivity (Wildman–Crippen MR) is 101 cm³/mol. The van der Waals surface area contributed by atoms with Gasteiger partial charge in [0.2, 0.25) is 0 Å². The number of hydrogen-bond acceptors (Lipinski definition) is 5. The minimum Gasteiger partial charge on any atom is -0.462 e. The molecule has 0 bridgehead atoms. The molecule has 7 nitrogen and oxygen atoms in total. The highest BCUT2D eigenvalue weighted by atomic mass is 32.2. The number of sulfonamides is 1. The van der Waals surface area contributed by atoms with Crippen molar-refractivity contribution in [3.63, 3.8) is 0 Å². The van der Waals surface area contributed by atoms with Gasteiger partial charge in [0.15, 0.2) is 0 Å². The molecule has 0 fully saturated rings. The monoisotopic (exact) mass is 385 g/mol. The Labute approximate surface area is 157 Å². The number of benzene rings is 2. The second-order valence-corrected chi connectivity index (χ2v) is 7.44. The molecule has 0 aliphatic rings. The third-order valence-electron chi connectivity index (χ3n) is 3.75. The standard InChI is InChI=1S/C19H19N3O4S/c1-2-26-19(23)16-8-10-18(11-9-16)27(24,25)21-17-12-20-22(14-17)13-15-6-4-3-5-7-15/h3-12,14,21H,2,13H2,1H3. The summed E-state index contributed by atoms with van der Waals surface area (Å²) < 4.78 is 34.0. The summed E-state index contributed by atoms with van der Waals surface area (Å²) in [6, 6.07) is 15.3. The Morgan fingerprint density at radius 1 is 1.11 bits per heavy atom. The molecule has 1 aromatic heterocycles. The second kappa shape index (κ2) is 8.05. The van der Waals surface area contributed by atoms with Crippen molar-refractivity contribution in [1.29, 1.82) is 0 Å². The number of anilines is 1. The number of hydrogen-bond donors (Lipinski definition) is 1. The summed E-state index contributed by atoms with van der Waals surface area (Å²) in [5.74, 6) is -0.489. The Hall–Kier alpha value is -3.13. The number of nitrogens with zero attached hydrogens (tertiary/aromatic N) is 2. The number of esters is 1. The molecule has 0 saturated heterocycles. The maximum atomic E-state index is 12.5. The third kappa shape index (κ3) is 4.73. The molecule has 0 atom stereocenters. The topological polar surface area (TPSA) is 90.3 Å². The van der Waals surface area contributed by atoms with Crippen LogP contribution in [0.15, 0.2) is 71.9 Å². The van der Waals surface area contributed by atoms with Gasteiger partial charge < -0.3 is 4.74 Å². The number of carbonyl (C=O) groups is 1. The lowest BCUT2D eigenvalue weighted by Gasteiger charge is -2.07. The predicted octanol–water partition coefficient (Wildman–Crippen LogP) is 2.91. The van der Waals surface area contributed by atoms with Crippen LogP contribution in [0.25, 0.3) is 0 Å². The van der Waals surface area contributed by atoms with Crippen molar-refractivity contribution in [3.05, 3.63) is 78.1 Å². The van der Waals surface area contributed by atoms with Gasteiger partial charge in [-0.15, -0.1) is 0 Å². The molecular weight excluding hydrogens is 366 g/mol. The van der Waals surface area contributed by atoms with E-state index >= 15 is 0 Å². The smallest absolute Gasteiger partial charge is 0.338 e. The summed E-state index contributed by atoms with van der Waals surface area (Å²) in [6.07, 6.45) is 3.07. The first-order chi connectivity index (χ1) is 13.0. The summed E-state index contributed by atoms with van der Waals surface area (Å²) in [6.45, 7) is 2.50. The van der Waals surface area contributed by atoms with E-state index in [0.717, 1.165) is 5.56 Å². The lowest BCUT2D eigenvalue weighted by molar-refractivity contribution is 0.0526. The molecule has 0 amide bonds. The van der Waals surface area contributed by atoms with Crippen LogP contribution < -0.4 is 4.72 Å². The maximum Gasteiger partial charge on any atom is 0.338 e. The van der Waals surface area contributed by atoms with Gasteiger partial charge in [-0.25, -0.2) is 13.2 Å². The minimum atomic E-state index is -3.78. The molecule has 0 saturated carbocycles. The van der Waals surface area contributed by atoms with Gasteiger partial charge in [-0.05, 0) is 36.8 Å². The zero-order valence-electron chi connectivity index (χ0n) is 14.7. The van der Waals surface area contributed by atoms with Crippen molar-refractivity contribution in [2.75, 3.05) is 11.3 Å². The molecule has 0 radical (unpaired) electrons. The van der Waals surface area contributed by atoms with Gasteiger partial charge >= 0.3 is 5.97 Å². The first kappa shape index (κ1) is 18.7. The fourth-order valence-corrected chi connectivity index (χ4v) is 3.50. The molecule has 1 heterocycles. The minimum absolute atomic E-state index is 0.0476. The lowest BCUT2D eigenvalue weighted by atomic mass is 10.2. The molecule has 0 aliphatic heterocycles. The van der Waals surface area contributed by atoms with E-state index in [1.807, 2.05) is 30.3 Å². The van der Waals surface area contributed by atoms with Gasteiger partial charge in [0, 0.05) is 6.20 Å². The van der Waals surface area contributed by atoms with Crippen LogP contribution in [0.3, 0.4) is 0 Å². The zero-order chi connectivity index (χ0) is 19.3. The average molecular weight is 385 g/mol. The maximum absolute atomic E-state index is 12.5. The third-order valence-corrected chi connectivity index (χ3v) is 5.15. The molecule has 1 N–H and O–H groups in total. The molecule has 0 aliphatic carbocycles. The molecule has 27 heavy (non-hydrogen) atoms. The van der Waals surface area contributed by atoms with E-state index < -0.39 is 16.0 Å². The van der Waals surface area contributed by atoms with Crippen molar-refractivity contribution >= 4 is 21.7 Å². The molecular formula is C19H19N3O4S. The largest absolute Gasteiger partial charge is 0.462 e. The molecule has 3 rings (SSSR count). The van der Waals surface area contributed by atoms with Crippen LogP contribution in [0.4, 0.5) is 5.69 Å². The van der Waals surface area contributed by atoms with Crippen LogP contribution in [0.2, 0.25) is 0 Å². The first-order valence-electron chi connectivity index (χ1n) is 8.34. The highest BCUT2D eigenvalue weighted by Gasteiger charge is 2.16. The second-order valence-electron chi connectivity index (χ2n) is 5.76. The van der Waals surface area contributed by atoms with E-state index in [1.54, 1.807) is 17.8 Å². The molecule has 3 aromatic rings. The first-order valence-corrected chi connectivity index (χ1v) is 9.82. The van der Waals surface area contributed by atoms with E-state index in [2.05, 4.69) is 9.82 Å². The fourth-order valence-electron chi connectivity index (χ4n) is 2.47. The average Bonchev–Trinajstić information content (AvgIpc) is 3.09. The molecule has 0 unspecified atom stereocenters. The van der Waals surface area contributed by atoms with Crippen molar-refractivity contribution in [2.45, 2.75) is 18.4 Å². The van der Waals surface area contributed by atoms with E-state index in [9.17, 15) is 13.2 Å². The summed E-state index contributed by atoms with van der Waals surface area (Å²) >= 11 is 0. The number of nitrogens with one attached hydrogen (secondary N) is 1. The lowest BCUT2D eigenvalue weighted by Crippen LogP contribution is -2.13. The summed E-state index contributed by atoms with van der Waals surface area (Å²) in [7, 11) is -3.78. The van der Waals surface area contributed by atoms with Crippen molar-refractivity contribution < 1.29 is 17.9 Å². The molecule has 8 heteroatoms. The van der Waals surface area contributed by atoms with Crippen LogP contribution in [0.5, 0.6) is 0 Å². The van der Waals surface area contributed by atoms with Gasteiger partial charge in [-0.2, -0.15) is 5.10 Å². The Balaban J connectivity index is 1.70. The van der Waals surface area contributed by atoms with Gasteiger partial charge in [0.25, 0.3) is 10.0 Å². The Morgan fingerprint density at radius 3 is 2.48 bits per heavy atom. The fraction of sp³-hybridized carbons (Fsp3) is 0.158. The van der Waals surface area contributed by atoms with E-state index in [0.29, 0.717) is 17.8 Å². The van der Waals surface area contributed by atoms with Crippen LogP contribution >= 0.6 is 0 Å². The van der Waals surface area contributed by atoms with Gasteiger partial charge in [-0.1, -0.05) is 30.3 Å². The number of rotatable bonds is 7. The van der Waals surface area contributed by atoms with Gasteiger partial charge in [0.1, 0.15) is 0 Å². The van der Waals surface area contributed by atoms with E-state index in [1.165, 1.54) is 30.5 Å². The molecule has 2 aromatic carbocycles. The summed E-state index contributed by atoms with van der Waals surface area (Å²) in [4.78, 5) is 11.7. The number of carbonyl (C=O) groups excluding carboxylic acids is 1. The van der Waals surface area contributed by atoms with Gasteiger partial charge in [-0.3, -0.25) is 9.40 Å². The zero-order valence-corrected chi connectivity index (χ0v) is 15.5. The van der Waals surface area contributed by atoms with E-state index in [4.69, 9.17) is 4.74 Å². The normalized spacial score (nSPS) is 11.1. The van der Waals surface area contributed by atoms with Gasteiger partial charge in [0.05, 0.1) is 35.5 Å². The Bertz CT molecular complexity index is 1010. The van der Waals surface area contributed by atoms with Crippen molar-refractivity contribution in [3.8, 4) is 0 Å². The number of ether oxygens (including phenoxy) is 1. The van der Waals surface area contributed by atoms with E-state index in [-0.39, 0.29) is 11.5 Å². The van der Waals surface area contributed by atoms with Crippen molar-refractivity contribution in [2.24, 2.45) is 0 Å². The van der Waals surface area contributed by atoms with Crippen LogP contribution in [-0.2, 0) is 21.3 Å². The number of aromatic nitrogens is 2.